The van der Waals surface area contributed by atoms with Crippen LogP contribution in [0.3, 0.4) is 0 Å². The lowest BCUT2D eigenvalue weighted by Gasteiger charge is -2.30. The average Bonchev–Trinajstić information content (AvgIpc) is 3.23. The first-order valence-electron chi connectivity index (χ1n) is 11.9. The summed E-state index contributed by atoms with van der Waals surface area (Å²) in [6, 6.07) is 2.05. The maximum atomic E-state index is 13.2. The number of pyridine rings is 1. The van der Waals surface area contributed by atoms with E-state index in [4.69, 9.17) is 16.3 Å². The molecule has 1 amide bonds. The van der Waals surface area contributed by atoms with Gasteiger partial charge in [-0.15, -0.1) is 10.2 Å². The Morgan fingerprint density at radius 2 is 2.08 bits per heavy atom. The molecule has 1 fully saturated rings. The predicted molar refractivity (Wildman–Crippen MR) is 141 cm³/mol. The van der Waals surface area contributed by atoms with E-state index in [1.807, 2.05) is 33.0 Å². The highest BCUT2D eigenvalue weighted by Gasteiger charge is 2.37. The van der Waals surface area contributed by atoms with Gasteiger partial charge in [-0.3, -0.25) is 9.12 Å². The molecule has 0 saturated heterocycles. The van der Waals surface area contributed by atoms with E-state index < -0.39 is 12.0 Å². The fourth-order valence-electron chi connectivity index (χ4n) is 3.89. The number of carbonyl (C=O) groups excluding carboxylic acids is 1. The van der Waals surface area contributed by atoms with Crippen molar-refractivity contribution in [1.82, 2.24) is 29.2 Å². The third-order valence-corrected chi connectivity index (χ3v) is 8.35. The van der Waals surface area contributed by atoms with Crippen LogP contribution in [0.25, 0.3) is 21.9 Å². The van der Waals surface area contributed by atoms with E-state index in [1.165, 1.54) is 11.9 Å². The SMILES string of the molecule is CC1(NSc2cc(C3=CCN(C(=O)OC(C)(C)C)CC3)c3c(Cl)nc(-c4nnc(C(F)F)s4)n3c2)CC1. The molecule has 2 aliphatic rings. The van der Waals surface area contributed by atoms with Crippen molar-refractivity contribution in [2.45, 2.75) is 69.4 Å². The third kappa shape index (κ3) is 5.76. The Hall–Kier alpha value is -2.28. The number of rotatable bonds is 6. The summed E-state index contributed by atoms with van der Waals surface area (Å²) in [6.07, 6.45) is 3.62. The van der Waals surface area contributed by atoms with Crippen molar-refractivity contribution in [3.63, 3.8) is 0 Å². The van der Waals surface area contributed by atoms with E-state index >= 15 is 0 Å². The van der Waals surface area contributed by atoms with Gasteiger partial charge in [0.1, 0.15) is 5.60 Å². The van der Waals surface area contributed by atoms with Crippen molar-refractivity contribution >= 4 is 52.1 Å². The number of alkyl halides is 2. The van der Waals surface area contributed by atoms with Crippen LogP contribution in [0.4, 0.5) is 13.6 Å². The highest BCUT2D eigenvalue weighted by molar-refractivity contribution is 7.97. The van der Waals surface area contributed by atoms with Gasteiger partial charge in [0.2, 0.25) is 0 Å². The van der Waals surface area contributed by atoms with Gasteiger partial charge in [0.05, 0.1) is 5.52 Å². The van der Waals surface area contributed by atoms with Crippen LogP contribution < -0.4 is 4.72 Å². The average molecular weight is 569 g/mol. The zero-order valence-electron chi connectivity index (χ0n) is 20.8. The molecule has 1 saturated carbocycles. The van der Waals surface area contributed by atoms with Crippen molar-refractivity contribution in [1.29, 1.82) is 0 Å². The number of nitrogens with zero attached hydrogens (tertiary/aromatic N) is 5. The Bertz CT molecular complexity index is 1380. The van der Waals surface area contributed by atoms with Gasteiger partial charge in [-0.25, -0.2) is 18.6 Å². The number of aromatic nitrogens is 4. The lowest BCUT2D eigenvalue weighted by Crippen LogP contribution is -2.39. The van der Waals surface area contributed by atoms with Crippen LogP contribution in [0.1, 0.15) is 64.0 Å². The van der Waals surface area contributed by atoms with Crippen LogP contribution in [0.15, 0.2) is 23.2 Å². The minimum atomic E-state index is -2.71. The molecule has 0 atom stereocenters. The van der Waals surface area contributed by atoms with Gasteiger partial charge < -0.3 is 9.64 Å². The van der Waals surface area contributed by atoms with Crippen LogP contribution in [0.2, 0.25) is 5.15 Å². The van der Waals surface area contributed by atoms with Gasteiger partial charge in [0.15, 0.2) is 21.0 Å². The van der Waals surface area contributed by atoms with Crippen molar-refractivity contribution in [2.75, 3.05) is 13.1 Å². The molecule has 0 bridgehead atoms. The normalized spacial score (nSPS) is 17.4. The third-order valence-electron chi connectivity index (χ3n) is 6.11. The van der Waals surface area contributed by atoms with Gasteiger partial charge in [0, 0.05) is 35.3 Å². The molecule has 198 valence electrons. The number of hydrogen-bond acceptors (Lipinski definition) is 8. The summed E-state index contributed by atoms with van der Waals surface area (Å²) >= 11 is 8.93. The summed E-state index contributed by atoms with van der Waals surface area (Å²) in [5, 5.41) is 7.70. The molecule has 0 unspecified atom stereocenters. The molecule has 1 N–H and O–H groups in total. The quantitative estimate of drug-likeness (QED) is 0.335. The number of fused-ring (bicyclic) bond motifs is 1. The summed E-state index contributed by atoms with van der Waals surface area (Å²) in [5.74, 6) is 0.359. The number of carbonyl (C=O) groups is 1. The number of imidazole rings is 1. The molecule has 5 rings (SSSR count). The molecule has 4 heterocycles. The molecule has 3 aromatic heterocycles. The van der Waals surface area contributed by atoms with Gasteiger partial charge in [-0.1, -0.05) is 29.0 Å². The number of nitrogens with one attached hydrogen (secondary N) is 1. The number of hydrogen-bond donors (Lipinski definition) is 1. The first-order chi connectivity index (χ1) is 17.4. The molecule has 37 heavy (non-hydrogen) atoms. The van der Waals surface area contributed by atoms with E-state index in [2.05, 4.69) is 32.9 Å². The van der Waals surface area contributed by atoms with Crippen molar-refractivity contribution < 1.29 is 18.3 Å². The van der Waals surface area contributed by atoms with E-state index in [9.17, 15) is 13.6 Å². The van der Waals surface area contributed by atoms with Gasteiger partial charge in [-0.05, 0) is 70.5 Å². The topological polar surface area (TPSA) is 84.7 Å². The highest BCUT2D eigenvalue weighted by Crippen LogP contribution is 2.40. The maximum absolute atomic E-state index is 13.2. The van der Waals surface area contributed by atoms with Gasteiger partial charge in [0.25, 0.3) is 6.43 Å². The molecule has 1 aliphatic carbocycles. The standard InChI is InChI=1S/C24H27ClF2N6O2S2/c1-23(2,3)35-22(34)32-9-5-13(6-10-32)15-11-14(37-31-24(4)7-8-24)12-33-16(15)17(25)28-19(33)21-30-29-20(36-21)18(26)27/h5,11-12,18,31H,6-10H2,1-4H3. The van der Waals surface area contributed by atoms with E-state index in [-0.39, 0.29) is 26.8 Å². The van der Waals surface area contributed by atoms with Crippen molar-refractivity contribution in [3.8, 4) is 10.8 Å². The molecule has 0 aromatic carbocycles. The second-order valence-electron chi connectivity index (χ2n) is 10.5. The molecule has 0 radical (unpaired) electrons. The second-order valence-corrected chi connectivity index (χ2v) is 12.7. The van der Waals surface area contributed by atoms with Gasteiger partial charge in [-0.2, -0.15) is 0 Å². The Morgan fingerprint density at radius 1 is 1.32 bits per heavy atom. The smallest absolute Gasteiger partial charge is 0.410 e. The lowest BCUT2D eigenvalue weighted by atomic mass is 9.99. The zero-order valence-corrected chi connectivity index (χ0v) is 23.2. The largest absolute Gasteiger partial charge is 0.444 e. The molecule has 1 aliphatic heterocycles. The van der Waals surface area contributed by atoms with Crippen molar-refractivity contribution in [2.24, 2.45) is 0 Å². The first kappa shape index (κ1) is 26.3. The molecular weight excluding hydrogens is 542 g/mol. The van der Waals surface area contributed by atoms with Gasteiger partial charge >= 0.3 is 6.09 Å². The summed E-state index contributed by atoms with van der Waals surface area (Å²) in [4.78, 5) is 19.6. The molecule has 3 aromatic rings. The van der Waals surface area contributed by atoms with E-state index in [1.54, 1.807) is 9.30 Å². The van der Waals surface area contributed by atoms with Crippen LogP contribution in [0, 0.1) is 0 Å². The van der Waals surface area contributed by atoms with Crippen LogP contribution in [0.5, 0.6) is 0 Å². The maximum Gasteiger partial charge on any atom is 0.410 e. The Labute approximate surface area is 226 Å². The number of ether oxygens (including phenoxy) is 1. The summed E-state index contributed by atoms with van der Waals surface area (Å²) < 4.78 is 37.2. The predicted octanol–water partition coefficient (Wildman–Crippen LogP) is 6.62. The number of halogens is 3. The minimum Gasteiger partial charge on any atom is -0.444 e. The van der Waals surface area contributed by atoms with E-state index in [0.29, 0.717) is 30.9 Å². The highest BCUT2D eigenvalue weighted by atomic mass is 35.5. The molecule has 0 spiro atoms. The molecule has 13 heteroatoms. The first-order valence-corrected chi connectivity index (χ1v) is 13.9. The Morgan fingerprint density at radius 3 is 2.68 bits per heavy atom. The van der Waals surface area contributed by atoms with Crippen molar-refractivity contribution in [3.05, 3.63) is 34.1 Å². The molecule has 8 nitrogen and oxygen atoms in total. The van der Waals surface area contributed by atoms with E-state index in [0.717, 1.165) is 40.2 Å². The Kier molecular flexibility index (Phi) is 6.97. The lowest BCUT2D eigenvalue weighted by molar-refractivity contribution is 0.0270. The van der Waals surface area contributed by atoms with Crippen LogP contribution in [-0.2, 0) is 4.74 Å². The Balaban J connectivity index is 1.53. The molecular formula is C24H27ClF2N6O2S2. The van der Waals surface area contributed by atoms with Crippen LogP contribution >= 0.6 is 34.9 Å². The fourth-order valence-corrected chi connectivity index (χ4v) is 5.75. The summed E-state index contributed by atoms with van der Waals surface area (Å²) in [7, 11) is 0. The fraction of sp³-hybridized carbons (Fsp3) is 0.500. The number of amides is 1. The second kappa shape index (κ2) is 9.79. The zero-order chi connectivity index (χ0) is 26.5. The van der Waals surface area contributed by atoms with Crippen LogP contribution in [-0.4, -0.2) is 54.8 Å². The minimum absolute atomic E-state index is 0.0959. The monoisotopic (exact) mass is 568 g/mol. The summed E-state index contributed by atoms with van der Waals surface area (Å²) in [6.45, 7) is 8.58. The summed E-state index contributed by atoms with van der Waals surface area (Å²) in [5.41, 5.74) is 2.08.